The monoisotopic (exact) mass is 205 g/mol. The second-order valence-electron chi connectivity index (χ2n) is 0. The van der Waals surface area contributed by atoms with Gasteiger partial charge in [0.1, 0.15) is 0 Å². The third-order valence-electron chi connectivity index (χ3n) is 0. The molecule has 0 aromatic rings. The number of hydrogen-bond donors (Lipinski definition) is 0. The van der Waals surface area contributed by atoms with E-state index in [4.69, 9.17) is 0 Å². The molecule has 0 nitrogen and oxygen atoms in total. The third kappa shape index (κ3) is 39.7. The molecule has 0 amide bonds. The summed E-state index contributed by atoms with van der Waals surface area (Å²) in [6.45, 7) is 0. The van der Waals surface area contributed by atoms with E-state index in [9.17, 15) is 0 Å². The van der Waals surface area contributed by atoms with Gasteiger partial charge < -0.3 is 49.6 Å². The van der Waals surface area contributed by atoms with Gasteiger partial charge in [-0.05, 0) is 0 Å². The van der Waals surface area contributed by atoms with E-state index < -0.39 is 0 Å². The zero-order chi connectivity index (χ0) is 0. The minimum absolute atomic E-state index is 0. The average Bonchev–Trinajstić information content (AvgIpc) is 0. The van der Waals surface area contributed by atoms with Gasteiger partial charge in [-0.3, -0.25) is 0 Å². The molecule has 41 valence electrons. The molecule has 0 aliphatic carbocycles. The molecule has 0 saturated heterocycles. The van der Waals surface area contributed by atoms with E-state index in [-0.39, 0.29) is 78.8 Å². The van der Waals surface area contributed by atoms with E-state index in [1.807, 2.05) is 0 Å². The van der Waals surface area contributed by atoms with Crippen molar-refractivity contribution >= 4 is 0 Å². The molecular weight excluding hydrogens is 202 g/mol. The maximum atomic E-state index is 0. The first-order valence-corrected chi connectivity index (χ1v) is 0. The zero-order valence-electron chi connectivity index (χ0n) is 2.09. The maximum absolute atomic E-state index is 0. The second-order valence-corrected chi connectivity index (χ2v) is 0. The third-order valence-corrected chi connectivity index (χ3v) is 0. The fourth-order valence-electron chi connectivity index (χ4n) is 0. The summed E-state index contributed by atoms with van der Waals surface area (Å²) in [5.41, 5.74) is 0. The quantitative estimate of drug-likeness (QED) is 0.346. The summed E-state index contributed by atoms with van der Waals surface area (Å²) in [6, 6.07) is 0. The van der Waals surface area contributed by atoms with Gasteiger partial charge in [0.2, 0.25) is 0 Å². The Hall–Kier alpha value is 1.87. The van der Waals surface area contributed by atoms with Crippen molar-refractivity contribution in [2.24, 2.45) is 0 Å². The minimum atomic E-state index is 0. The molecule has 0 aliphatic heterocycles. The Balaban J connectivity index is 0. The summed E-state index contributed by atoms with van der Waals surface area (Å²) in [7, 11) is 0. The van der Waals surface area contributed by atoms with Crippen LogP contribution in [0, 0.1) is 0 Å². The van der Waals surface area contributed by atoms with E-state index >= 15 is 0 Å². The Bertz CT molecular complexity index is 7.51. The van der Waals surface area contributed by atoms with E-state index in [2.05, 4.69) is 0 Å². The van der Waals surface area contributed by atoms with E-state index in [0.717, 1.165) is 0 Å². The van der Waals surface area contributed by atoms with Crippen LogP contribution in [-0.4, -0.2) is 0 Å². The van der Waals surface area contributed by atoms with E-state index in [1.165, 1.54) is 0 Å². The van der Waals surface area contributed by atoms with Crippen LogP contribution in [0.4, 0.5) is 0 Å². The van der Waals surface area contributed by atoms with Crippen molar-refractivity contribution in [2.75, 3.05) is 0 Å². The molecule has 0 atom stereocenters. The van der Waals surface area contributed by atoms with Crippen molar-refractivity contribution in [1.82, 2.24) is 0 Å². The summed E-state index contributed by atoms with van der Waals surface area (Å²) < 4.78 is 0. The molecule has 0 aromatic heterocycles. The summed E-state index contributed by atoms with van der Waals surface area (Å²) in [6.07, 6.45) is 0. The predicted molar refractivity (Wildman–Crippen MR) is 8.13 cm³/mol. The van der Waals surface area contributed by atoms with Gasteiger partial charge in [0.05, 0.1) is 0 Å². The van der Waals surface area contributed by atoms with Gasteiger partial charge in [0, 0.05) is 0 Å². The van der Waals surface area contributed by atoms with Gasteiger partial charge in [0.25, 0.3) is 0 Å². The second kappa shape index (κ2) is 67.5. The van der Waals surface area contributed by atoms with Crippen LogP contribution in [0.2, 0.25) is 0 Å². The van der Waals surface area contributed by atoms with Gasteiger partial charge in [-0.1, -0.05) is 7.43 Å². The van der Waals surface area contributed by atoms with Gasteiger partial charge in [0.15, 0.2) is 0 Å². The van der Waals surface area contributed by atoms with Crippen molar-refractivity contribution in [1.29, 1.82) is 0 Å². The molecule has 0 aromatic carbocycles. The zero-order valence-corrected chi connectivity index (χ0v) is 6.92. The molecule has 0 unspecified atom stereocenters. The van der Waals surface area contributed by atoms with Crippen LogP contribution in [0.25, 0.3) is 0 Å². The van der Waals surface area contributed by atoms with E-state index in [1.54, 1.807) is 0 Å². The van der Waals surface area contributed by atoms with Crippen LogP contribution in [0.15, 0.2) is 0 Å². The molecule has 6 heavy (non-hydrogen) atoms. The van der Waals surface area contributed by atoms with Gasteiger partial charge >= 0.3 is 21.7 Å². The summed E-state index contributed by atoms with van der Waals surface area (Å²) in [5.74, 6) is 0. The van der Waals surface area contributed by atoms with Crippen LogP contribution in [-0.2, 0) is 21.7 Å². The average molecular weight is 207 g/mol. The number of rotatable bonds is 0. The Kier molecular flexibility index (Phi) is 1190. The molecule has 0 fully saturated rings. The van der Waals surface area contributed by atoms with Crippen LogP contribution in [0.1, 0.15) is 7.43 Å². The van der Waals surface area contributed by atoms with Crippen molar-refractivity contribution < 1.29 is 71.3 Å². The normalized spacial score (nSPS) is 0. The van der Waals surface area contributed by atoms with Gasteiger partial charge in [-0.15, -0.1) is 0 Å². The van der Waals surface area contributed by atoms with Crippen molar-refractivity contribution in [3.63, 3.8) is 0 Å². The molecule has 0 heterocycles. The van der Waals surface area contributed by atoms with Crippen molar-refractivity contribution in [3.05, 3.63) is 0 Å². The molecule has 0 rings (SSSR count). The summed E-state index contributed by atoms with van der Waals surface area (Å²) in [4.78, 5) is 0. The van der Waals surface area contributed by atoms with Crippen LogP contribution >= 0.6 is 0 Å². The number of halogens is 4. The van der Waals surface area contributed by atoms with Crippen LogP contribution in [0.3, 0.4) is 0 Å². The van der Waals surface area contributed by atoms with Crippen molar-refractivity contribution in [2.45, 2.75) is 7.43 Å². The first-order valence-electron chi connectivity index (χ1n) is 0. The van der Waals surface area contributed by atoms with Crippen molar-refractivity contribution in [3.8, 4) is 0 Å². The van der Waals surface area contributed by atoms with E-state index in [0.29, 0.717) is 0 Å². The standard InChI is InChI=1S/CH4.4ClH.Ti.H/h1H4;4*1H;;/q;;;;;+4;/p-4. The Morgan fingerprint density at radius 2 is 0.500 bits per heavy atom. The number of hydrogen-bond acceptors (Lipinski definition) is 0. The molecule has 5 heteroatoms. The SMILES string of the molecule is C.[Cl-].[Cl-].[Cl-].[Cl-].[TiH+4]. The molecule has 0 aliphatic rings. The fourth-order valence-corrected chi connectivity index (χ4v) is 0. The molecule has 0 saturated carbocycles. The Morgan fingerprint density at radius 1 is 0.500 bits per heavy atom. The molecule has 0 N–H and O–H groups in total. The summed E-state index contributed by atoms with van der Waals surface area (Å²) >= 11 is 0. The first kappa shape index (κ1) is 106. The predicted octanol–water partition coefficient (Wildman–Crippen LogP) is -11.6. The molecular formula is CH5Cl4Ti. The molecule has 0 bridgehead atoms. The molecule has 0 radical (unpaired) electrons. The first-order chi connectivity index (χ1) is 0. The van der Waals surface area contributed by atoms with Crippen LogP contribution in [0.5, 0.6) is 0 Å². The summed E-state index contributed by atoms with van der Waals surface area (Å²) in [5, 5.41) is 0. The van der Waals surface area contributed by atoms with Crippen LogP contribution < -0.4 is 49.6 Å². The fraction of sp³-hybridized carbons (Fsp3) is 1.00. The molecule has 0 spiro atoms. The topological polar surface area (TPSA) is 0 Å². The Morgan fingerprint density at radius 3 is 0.500 bits per heavy atom. The van der Waals surface area contributed by atoms with Gasteiger partial charge in [-0.2, -0.15) is 0 Å². The Labute approximate surface area is 78.4 Å². The van der Waals surface area contributed by atoms with Gasteiger partial charge in [-0.25, -0.2) is 0 Å².